The third kappa shape index (κ3) is 2.99. The van der Waals surface area contributed by atoms with Crippen LogP contribution in [0.3, 0.4) is 0 Å². The first-order chi connectivity index (χ1) is 10.2. The van der Waals surface area contributed by atoms with E-state index in [0.717, 1.165) is 27.9 Å². The smallest absolute Gasteiger partial charge is 0.339 e. The van der Waals surface area contributed by atoms with Crippen molar-refractivity contribution in [1.29, 1.82) is 0 Å². The van der Waals surface area contributed by atoms with E-state index in [2.05, 4.69) is 4.98 Å². The minimum atomic E-state index is -0.776. The number of hydrogen-bond acceptors (Lipinski definition) is 4. The standard InChI is InChI=1S/C17H24N2O3/c1-10-12-8-9-19(6)15(12)18-11(2)13(10)14(16(20)21-7)22-17(3,4)5/h8-9,14H,1-7H3. The normalized spacial score (nSPS) is 13.4. The molecule has 0 radical (unpaired) electrons. The second kappa shape index (κ2) is 5.72. The molecule has 1 atom stereocenters. The van der Waals surface area contributed by atoms with Gasteiger partial charge in [-0.05, 0) is 46.2 Å². The number of pyridine rings is 1. The Labute approximate surface area is 131 Å². The Morgan fingerprint density at radius 2 is 1.95 bits per heavy atom. The van der Waals surface area contributed by atoms with Crippen molar-refractivity contribution in [1.82, 2.24) is 9.55 Å². The van der Waals surface area contributed by atoms with Crippen LogP contribution in [0, 0.1) is 13.8 Å². The number of hydrogen-bond donors (Lipinski definition) is 0. The van der Waals surface area contributed by atoms with E-state index in [9.17, 15) is 4.79 Å². The highest BCUT2D eigenvalue weighted by atomic mass is 16.6. The Balaban J connectivity index is 2.65. The molecule has 0 aliphatic heterocycles. The Kier molecular flexibility index (Phi) is 4.29. The van der Waals surface area contributed by atoms with Gasteiger partial charge in [-0.1, -0.05) is 0 Å². The van der Waals surface area contributed by atoms with E-state index < -0.39 is 17.7 Å². The average Bonchev–Trinajstić information content (AvgIpc) is 2.77. The summed E-state index contributed by atoms with van der Waals surface area (Å²) in [6.07, 6.45) is 1.19. The van der Waals surface area contributed by atoms with Crippen LogP contribution in [0.4, 0.5) is 0 Å². The molecular formula is C17H24N2O3. The van der Waals surface area contributed by atoms with Crippen LogP contribution in [0.25, 0.3) is 11.0 Å². The highest BCUT2D eigenvalue weighted by Crippen LogP contribution is 2.33. The number of rotatable bonds is 3. The molecule has 22 heavy (non-hydrogen) atoms. The van der Waals surface area contributed by atoms with Crippen LogP contribution in [0.1, 0.15) is 43.7 Å². The number of methoxy groups -OCH3 is 1. The van der Waals surface area contributed by atoms with Crippen LogP contribution in [0.2, 0.25) is 0 Å². The molecule has 5 nitrogen and oxygen atoms in total. The zero-order valence-electron chi connectivity index (χ0n) is 14.4. The first-order valence-electron chi connectivity index (χ1n) is 7.33. The first-order valence-corrected chi connectivity index (χ1v) is 7.33. The molecule has 0 aromatic carbocycles. The minimum absolute atomic E-state index is 0.404. The largest absolute Gasteiger partial charge is 0.467 e. The van der Waals surface area contributed by atoms with Crippen LogP contribution in [0.15, 0.2) is 12.3 Å². The van der Waals surface area contributed by atoms with Gasteiger partial charge < -0.3 is 14.0 Å². The summed E-state index contributed by atoms with van der Waals surface area (Å²) in [5.74, 6) is -0.404. The Morgan fingerprint density at radius 1 is 1.32 bits per heavy atom. The summed E-state index contributed by atoms with van der Waals surface area (Å²) in [5, 5.41) is 1.02. The second-order valence-corrected chi connectivity index (χ2v) is 6.53. The fraction of sp³-hybridized carbons (Fsp3) is 0.529. The van der Waals surface area contributed by atoms with Gasteiger partial charge in [-0.3, -0.25) is 0 Å². The highest BCUT2D eigenvalue weighted by Gasteiger charge is 2.31. The number of nitrogens with zero attached hydrogens (tertiary/aromatic N) is 2. The second-order valence-electron chi connectivity index (χ2n) is 6.53. The van der Waals surface area contributed by atoms with Gasteiger partial charge in [-0.2, -0.15) is 0 Å². The average molecular weight is 304 g/mol. The van der Waals surface area contributed by atoms with Gasteiger partial charge in [0.05, 0.1) is 12.7 Å². The zero-order valence-corrected chi connectivity index (χ0v) is 14.4. The third-order valence-electron chi connectivity index (χ3n) is 3.66. The molecule has 2 aromatic rings. The van der Waals surface area contributed by atoms with Crippen LogP contribution >= 0.6 is 0 Å². The number of carbonyl (C=O) groups excluding carboxylic acids is 1. The number of ether oxygens (including phenoxy) is 2. The van der Waals surface area contributed by atoms with Crippen LogP contribution in [-0.4, -0.2) is 28.2 Å². The maximum atomic E-state index is 12.3. The molecular weight excluding hydrogens is 280 g/mol. The molecule has 0 fully saturated rings. The van der Waals surface area contributed by atoms with E-state index in [0.29, 0.717) is 0 Å². The van der Waals surface area contributed by atoms with Gasteiger partial charge in [0, 0.05) is 29.9 Å². The third-order valence-corrected chi connectivity index (χ3v) is 3.66. The quantitative estimate of drug-likeness (QED) is 0.817. The predicted molar refractivity (Wildman–Crippen MR) is 85.8 cm³/mol. The molecule has 0 saturated heterocycles. The van der Waals surface area contributed by atoms with Gasteiger partial charge in [0.2, 0.25) is 0 Å². The molecule has 0 saturated carbocycles. The Hall–Kier alpha value is -1.88. The molecule has 5 heteroatoms. The van der Waals surface area contributed by atoms with E-state index in [1.54, 1.807) is 0 Å². The number of carbonyl (C=O) groups is 1. The van der Waals surface area contributed by atoms with Crippen molar-refractivity contribution in [3.63, 3.8) is 0 Å². The molecule has 0 aliphatic carbocycles. The van der Waals surface area contributed by atoms with Crippen LogP contribution in [0.5, 0.6) is 0 Å². The first kappa shape index (κ1) is 16.5. The topological polar surface area (TPSA) is 53.4 Å². The van der Waals surface area contributed by atoms with Gasteiger partial charge in [0.1, 0.15) is 5.65 Å². The van der Waals surface area contributed by atoms with Crippen molar-refractivity contribution in [3.8, 4) is 0 Å². The van der Waals surface area contributed by atoms with Gasteiger partial charge >= 0.3 is 5.97 Å². The summed E-state index contributed by atoms with van der Waals surface area (Å²) in [4.78, 5) is 16.9. The van der Waals surface area contributed by atoms with Gasteiger partial charge in [-0.25, -0.2) is 9.78 Å². The monoisotopic (exact) mass is 304 g/mol. The number of aromatic nitrogens is 2. The molecule has 0 aliphatic rings. The van der Waals surface area contributed by atoms with E-state index >= 15 is 0 Å². The summed E-state index contributed by atoms with van der Waals surface area (Å²) in [6.45, 7) is 9.65. The lowest BCUT2D eigenvalue weighted by molar-refractivity contribution is -0.164. The SMILES string of the molecule is COC(=O)C(OC(C)(C)C)c1c(C)nc2c(ccn2C)c1C. The molecule has 2 rings (SSSR count). The maximum absolute atomic E-state index is 12.3. The van der Waals surface area contributed by atoms with Gasteiger partial charge in [0.25, 0.3) is 0 Å². The Morgan fingerprint density at radius 3 is 2.50 bits per heavy atom. The van der Waals surface area contributed by atoms with E-state index in [4.69, 9.17) is 9.47 Å². The van der Waals surface area contributed by atoms with Crippen molar-refractivity contribution in [3.05, 3.63) is 29.1 Å². The lowest BCUT2D eigenvalue weighted by atomic mass is 9.98. The molecule has 2 aromatic heterocycles. The summed E-state index contributed by atoms with van der Waals surface area (Å²) in [6, 6.07) is 2.01. The summed E-state index contributed by atoms with van der Waals surface area (Å²) < 4.78 is 12.9. The molecule has 1 unspecified atom stereocenters. The summed E-state index contributed by atoms with van der Waals surface area (Å²) >= 11 is 0. The van der Waals surface area contributed by atoms with E-state index in [1.807, 2.05) is 58.5 Å². The molecule has 120 valence electrons. The number of esters is 1. The highest BCUT2D eigenvalue weighted by molar-refractivity contribution is 5.85. The van der Waals surface area contributed by atoms with E-state index in [1.165, 1.54) is 7.11 Å². The van der Waals surface area contributed by atoms with Gasteiger partial charge in [-0.15, -0.1) is 0 Å². The van der Waals surface area contributed by atoms with Gasteiger partial charge in [0.15, 0.2) is 6.10 Å². The zero-order chi connectivity index (χ0) is 16.7. The summed E-state index contributed by atoms with van der Waals surface area (Å²) in [7, 11) is 3.33. The fourth-order valence-corrected chi connectivity index (χ4v) is 2.66. The number of aryl methyl sites for hydroxylation is 3. The predicted octanol–water partition coefficient (Wildman–Crippen LogP) is 3.22. The van der Waals surface area contributed by atoms with Crippen LogP contribution < -0.4 is 0 Å². The van der Waals surface area contributed by atoms with E-state index in [-0.39, 0.29) is 0 Å². The lowest BCUT2D eigenvalue weighted by Gasteiger charge is -2.28. The van der Waals surface area contributed by atoms with Crippen molar-refractivity contribution in [2.24, 2.45) is 7.05 Å². The van der Waals surface area contributed by atoms with Crippen LogP contribution in [-0.2, 0) is 21.3 Å². The molecule has 0 bridgehead atoms. The molecule has 0 N–H and O–H groups in total. The minimum Gasteiger partial charge on any atom is -0.467 e. The Bertz CT molecular complexity index is 711. The van der Waals surface area contributed by atoms with Crippen molar-refractivity contribution in [2.45, 2.75) is 46.3 Å². The molecule has 0 spiro atoms. The number of fused-ring (bicyclic) bond motifs is 1. The maximum Gasteiger partial charge on any atom is 0.339 e. The fourth-order valence-electron chi connectivity index (χ4n) is 2.66. The molecule has 0 amide bonds. The molecule has 2 heterocycles. The van der Waals surface area contributed by atoms with Crippen molar-refractivity contribution >= 4 is 17.0 Å². The van der Waals surface area contributed by atoms with Crippen molar-refractivity contribution < 1.29 is 14.3 Å². The lowest BCUT2D eigenvalue weighted by Crippen LogP contribution is -2.29. The van der Waals surface area contributed by atoms with Crippen molar-refractivity contribution in [2.75, 3.05) is 7.11 Å². The summed E-state index contributed by atoms with van der Waals surface area (Å²) in [5.41, 5.74) is 3.01.